The molecule has 0 saturated heterocycles. The molecule has 4 nitrogen and oxygen atoms in total. The third-order valence-corrected chi connectivity index (χ3v) is 5.83. The van der Waals surface area contributed by atoms with Crippen LogP contribution in [-0.4, -0.2) is 11.8 Å². The predicted octanol–water partition coefficient (Wildman–Crippen LogP) is 5.64. The van der Waals surface area contributed by atoms with Crippen molar-refractivity contribution in [3.63, 3.8) is 0 Å². The monoisotopic (exact) mass is 420 g/mol. The van der Waals surface area contributed by atoms with Gasteiger partial charge in [-0.3, -0.25) is 9.59 Å². The average Bonchev–Trinajstić information content (AvgIpc) is 2.95. The maximum atomic E-state index is 13.3. The van der Waals surface area contributed by atoms with Crippen molar-refractivity contribution in [3.05, 3.63) is 100 Å². The zero-order valence-corrected chi connectivity index (χ0v) is 17.1. The van der Waals surface area contributed by atoms with Gasteiger partial charge in [0, 0.05) is 10.6 Å². The Morgan fingerprint density at radius 2 is 1.48 bits per heavy atom. The van der Waals surface area contributed by atoms with Gasteiger partial charge in [-0.25, -0.2) is 4.90 Å². The molecule has 1 N–H and O–H groups in total. The van der Waals surface area contributed by atoms with Crippen LogP contribution in [0.15, 0.2) is 94.4 Å². The number of carbonyl (C=O) groups is 2. The summed E-state index contributed by atoms with van der Waals surface area (Å²) >= 11 is 7.54. The van der Waals surface area contributed by atoms with E-state index in [1.165, 1.54) is 11.8 Å². The van der Waals surface area contributed by atoms with Gasteiger partial charge in [-0.15, -0.1) is 0 Å². The highest BCUT2D eigenvalue weighted by molar-refractivity contribution is 8.04. The second kappa shape index (κ2) is 8.15. The van der Waals surface area contributed by atoms with Gasteiger partial charge in [-0.2, -0.15) is 0 Å². The molecule has 2 amide bonds. The van der Waals surface area contributed by atoms with Gasteiger partial charge in [0.05, 0.1) is 10.7 Å². The SMILES string of the molecule is Cc1ccc(NC2=C(Sc3ccccc3)C(=O)N(c3ccccc3Cl)C2=O)cc1. The number of anilines is 2. The van der Waals surface area contributed by atoms with Gasteiger partial charge in [0.15, 0.2) is 0 Å². The van der Waals surface area contributed by atoms with Crippen LogP contribution in [0.2, 0.25) is 5.02 Å². The first-order valence-corrected chi connectivity index (χ1v) is 10.2. The molecule has 3 aromatic carbocycles. The Morgan fingerprint density at radius 3 is 2.17 bits per heavy atom. The van der Waals surface area contributed by atoms with Gasteiger partial charge < -0.3 is 5.32 Å². The lowest BCUT2D eigenvalue weighted by Crippen LogP contribution is -2.32. The zero-order valence-electron chi connectivity index (χ0n) is 15.6. The predicted molar refractivity (Wildman–Crippen MR) is 118 cm³/mol. The molecule has 144 valence electrons. The van der Waals surface area contributed by atoms with Crippen LogP contribution >= 0.6 is 23.4 Å². The Kier molecular flexibility index (Phi) is 5.43. The summed E-state index contributed by atoms with van der Waals surface area (Å²) in [6.07, 6.45) is 0. The van der Waals surface area contributed by atoms with Crippen molar-refractivity contribution in [2.24, 2.45) is 0 Å². The number of carbonyl (C=O) groups excluding carboxylic acids is 2. The number of halogens is 1. The first-order valence-electron chi connectivity index (χ1n) is 8.99. The van der Waals surface area contributed by atoms with E-state index < -0.39 is 11.8 Å². The topological polar surface area (TPSA) is 49.4 Å². The molecule has 4 rings (SSSR count). The fourth-order valence-electron chi connectivity index (χ4n) is 2.95. The molecule has 6 heteroatoms. The number of thioether (sulfide) groups is 1. The van der Waals surface area contributed by atoms with Crippen LogP contribution in [0.4, 0.5) is 11.4 Å². The Bertz CT molecular complexity index is 1110. The van der Waals surface area contributed by atoms with Crippen molar-refractivity contribution in [2.75, 3.05) is 10.2 Å². The molecule has 0 saturated carbocycles. The highest BCUT2D eigenvalue weighted by atomic mass is 35.5. The molecular formula is C23H17ClN2O2S. The lowest BCUT2D eigenvalue weighted by Gasteiger charge is -2.16. The second-order valence-corrected chi connectivity index (χ2v) is 8.00. The van der Waals surface area contributed by atoms with Crippen molar-refractivity contribution in [1.82, 2.24) is 0 Å². The number of aryl methyl sites for hydroxylation is 1. The van der Waals surface area contributed by atoms with Gasteiger partial charge in [0.2, 0.25) is 0 Å². The van der Waals surface area contributed by atoms with Crippen molar-refractivity contribution < 1.29 is 9.59 Å². The van der Waals surface area contributed by atoms with E-state index in [9.17, 15) is 9.59 Å². The molecule has 0 fully saturated rings. The van der Waals surface area contributed by atoms with E-state index in [1.54, 1.807) is 24.3 Å². The summed E-state index contributed by atoms with van der Waals surface area (Å²) in [5, 5.41) is 3.48. The van der Waals surface area contributed by atoms with Gasteiger partial charge in [0.25, 0.3) is 11.8 Å². The smallest absolute Gasteiger partial charge is 0.283 e. The lowest BCUT2D eigenvalue weighted by molar-refractivity contribution is -0.120. The highest BCUT2D eigenvalue weighted by Crippen LogP contribution is 2.39. The summed E-state index contributed by atoms with van der Waals surface area (Å²) in [6.45, 7) is 1.99. The van der Waals surface area contributed by atoms with Crippen LogP contribution in [0.1, 0.15) is 5.56 Å². The number of benzene rings is 3. The molecule has 1 aliphatic rings. The van der Waals surface area contributed by atoms with E-state index in [4.69, 9.17) is 11.6 Å². The number of hydrogen-bond acceptors (Lipinski definition) is 4. The molecular weight excluding hydrogens is 404 g/mol. The standard InChI is InChI=1S/C23H17ClN2O2S/c1-15-11-13-16(14-12-15)25-20-21(29-17-7-3-2-4-8-17)23(28)26(22(20)27)19-10-6-5-9-18(19)24/h2-14,25H,1H3. The lowest BCUT2D eigenvalue weighted by atomic mass is 10.2. The highest BCUT2D eigenvalue weighted by Gasteiger charge is 2.41. The molecule has 1 aliphatic heterocycles. The summed E-state index contributed by atoms with van der Waals surface area (Å²) in [4.78, 5) is 28.8. The number of hydrogen-bond donors (Lipinski definition) is 1. The maximum absolute atomic E-state index is 13.3. The van der Waals surface area contributed by atoms with E-state index in [2.05, 4.69) is 5.32 Å². The van der Waals surface area contributed by atoms with E-state index in [-0.39, 0.29) is 5.70 Å². The summed E-state index contributed by atoms with van der Waals surface area (Å²) in [7, 11) is 0. The first-order chi connectivity index (χ1) is 14.0. The van der Waals surface area contributed by atoms with Crippen molar-refractivity contribution in [3.8, 4) is 0 Å². The fourth-order valence-corrected chi connectivity index (χ4v) is 4.12. The van der Waals surface area contributed by atoms with Crippen LogP contribution in [0.5, 0.6) is 0 Å². The third kappa shape index (κ3) is 3.92. The molecule has 0 aromatic heterocycles. The zero-order chi connectivity index (χ0) is 20.4. The number of nitrogens with zero attached hydrogens (tertiary/aromatic N) is 1. The van der Waals surface area contributed by atoms with Crippen LogP contribution in [0.3, 0.4) is 0 Å². The molecule has 0 radical (unpaired) electrons. The largest absolute Gasteiger partial charge is 0.350 e. The van der Waals surface area contributed by atoms with Crippen LogP contribution in [0.25, 0.3) is 0 Å². The molecule has 0 unspecified atom stereocenters. The van der Waals surface area contributed by atoms with E-state index in [1.807, 2.05) is 61.5 Å². The first kappa shape index (κ1) is 19.3. The van der Waals surface area contributed by atoms with Crippen LogP contribution < -0.4 is 10.2 Å². The quantitative estimate of drug-likeness (QED) is 0.543. The maximum Gasteiger partial charge on any atom is 0.283 e. The number of rotatable bonds is 5. The Hall–Kier alpha value is -3.02. The summed E-state index contributed by atoms with van der Waals surface area (Å²) in [5.41, 5.74) is 2.46. The third-order valence-electron chi connectivity index (χ3n) is 4.42. The summed E-state index contributed by atoms with van der Waals surface area (Å²) in [6, 6.07) is 24.0. The van der Waals surface area contributed by atoms with Gasteiger partial charge >= 0.3 is 0 Å². The van der Waals surface area contributed by atoms with Crippen molar-refractivity contribution in [1.29, 1.82) is 0 Å². The van der Waals surface area contributed by atoms with Crippen LogP contribution in [-0.2, 0) is 9.59 Å². The van der Waals surface area contributed by atoms with Crippen molar-refractivity contribution >= 4 is 46.6 Å². The van der Waals surface area contributed by atoms with Gasteiger partial charge in [-0.1, -0.05) is 71.4 Å². The van der Waals surface area contributed by atoms with Gasteiger partial charge in [0.1, 0.15) is 10.6 Å². The normalized spacial score (nSPS) is 13.9. The Morgan fingerprint density at radius 1 is 0.828 bits per heavy atom. The molecule has 3 aromatic rings. The molecule has 0 bridgehead atoms. The Balaban J connectivity index is 1.76. The van der Waals surface area contributed by atoms with E-state index in [0.717, 1.165) is 21.0 Å². The molecule has 0 atom stereocenters. The minimum absolute atomic E-state index is 0.243. The summed E-state index contributed by atoms with van der Waals surface area (Å²) < 4.78 is 0. The molecule has 0 aliphatic carbocycles. The fraction of sp³-hybridized carbons (Fsp3) is 0.0435. The number of imide groups is 1. The summed E-state index contributed by atoms with van der Waals surface area (Å²) in [5.74, 6) is -0.825. The molecule has 1 heterocycles. The number of para-hydroxylation sites is 1. The van der Waals surface area contributed by atoms with Gasteiger partial charge in [-0.05, 0) is 43.3 Å². The molecule has 29 heavy (non-hydrogen) atoms. The van der Waals surface area contributed by atoms with E-state index in [0.29, 0.717) is 15.6 Å². The number of amides is 2. The average molecular weight is 421 g/mol. The Labute approximate surface area is 178 Å². The second-order valence-electron chi connectivity index (χ2n) is 6.51. The van der Waals surface area contributed by atoms with E-state index >= 15 is 0 Å². The minimum Gasteiger partial charge on any atom is -0.350 e. The van der Waals surface area contributed by atoms with Crippen molar-refractivity contribution in [2.45, 2.75) is 11.8 Å². The number of nitrogens with one attached hydrogen (secondary N) is 1. The minimum atomic E-state index is -0.429. The van der Waals surface area contributed by atoms with Crippen LogP contribution in [0, 0.1) is 6.92 Å². The molecule has 0 spiro atoms.